The van der Waals surface area contributed by atoms with Crippen molar-refractivity contribution >= 4 is 67.7 Å². The third-order valence-corrected chi connectivity index (χ3v) is 9.71. The van der Waals surface area contributed by atoms with E-state index in [0.717, 1.165) is 67.2 Å². The summed E-state index contributed by atoms with van der Waals surface area (Å²) < 4.78 is 6.57. The molecule has 0 aliphatic rings. The molecular weight excluding hydrogens is 656 g/mol. The summed E-state index contributed by atoms with van der Waals surface area (Å²) in [6.07, 6.45) is 0. The minimum Gasteiger partial charge on any atom is -0.456 e. The van der Waals surface area contributed by atoms with Crippen LogP contribution in [0.5, 0.6) is 0 Å². The van der Waals surface area contributed by atoms with E-state index >= 15 is 0 Å². The molecule has 4 heteroatoms. The number of furan rings is 1. The molecule has 0 amide bonds. The minimum absolute atomic E-state index is 0.601. The van der Waals surface area contributed by atoms with Crippen LogP contribution in [0, 0.1) is 0 Å². The number of rotatable bonds is 8. The molecule has 0 bridgehead atoms. The second kappa shape index (κ2) is 13.6. The molecule has 52 heavy (non-hydrogen) atoms. The fourth-order valence-electron chi connectivity index (χ4n) is 7.05. The fourth-order valence-corrected chi connectivity index (χ4v) is 7.25. The largest absolute Gasteiger partial charge is 0.456 e. The molecule has 9 rings (SSSR count). The zero-order chi connectivity index (χ0) is 34.9. The van der Waals surface area contributed by atoms with Gasteiger partial charge in [-0.05, 0) is 95.1 Å². The molecule has 0 saturated carbocycles. The Morgan fingerprint density at radius 2 is 0.769 bits per heavy atom. The predicted molar refractivity (Wildman–Crippen MR) is 219 cm³/mol. The van der Waals surface area contributed by atoms with Gasteiger partial charge in [0.25, 0.3) is 0 Å². The highest BCUT2D eigenvalue weighted by Gasteiger charge is 2.22. The Balaban J connectivity index is 1.24. The summed E-state index contributed by atoms with van der Waals surface area (Å²) in [6, 6.07) is 69.7. The number of nitrogens with zero attached hydrogens (tertiary/aromatic N) is 2. The van der Waals surface area contributed by atoms with E-state index in [4.69, 9.17) is 16.0 Å². The molecule has 0 aliphatic heterocycles. The van der Waals surface area contributed by atoms with E-state index in [0.29, 0.717) is 5.02 Å². The minimum atomic E-state index is 0.601. The summed E-state index contributed by atoms with van der Waals surface area (Å²) in [4.78, 5) is 4.56. The van der Waals surface area contributed by atoms with Crippen molar-refractivity contribution in [2.45, 2.75) is 0 Å². The standard InChI is InChI=1S/C48H33ClN2O/c49-38-31-45(48-44-33-43(29-30-46(44)52-47(48)32-38)50(39-17-9-3-10-18-39)40-19-11-4-12-20-40)51(41-25-21-36(22-26-41)34-13-5-1-6-14-34)42-27-23-37(24-28-42)35-15-7-2-8-16-35/h1-33H. The van der Waals surface area contributed by atoms with Crippen LogP contribution in [0.4, 0.5) is 34.1 Å². The summed E-state index contributed by atoms with van der Waals surface area (Å²) in [5.41, 5.74) is 12.3. The maximum Gasteiger partial charge on any atom is 0.139 e. The quantitative estimate of drug-likeness (QED) is 0.158. The van der Waals surface area contributed by atoms with Gasteiger partial charge in [-0.3, -0.25) is 0 Å². The molecule has 0 fully saturated rings. The normalized spacial score (nSPS) is 11.2. The number of benzene rings is 8. The average Bonchev–Trinajstić information content (AvgIpc) is 3.58. The average molecular weight is 689 g/mol. The molecule has 8 aromatic carbocycles. The van der Waals surface area contributed by atoms with Crippen LogP contribution in [-0.4, -0.2) is 0 Å². The highest BCUT2D eigenvalue weighted by molar-refractivity contribution is 6.32. The van der Waals surface area contributed by atoms with Gasteiger partial charge in [-0.25, -0.2) is 0 Å². The first-order chi connectivity index (χ1) is 25.7. The number of fused-ring (bicyclic) bond motifs is 3. The van der Waals surface area contributed by atoms with Gasteiger partial charge in [0.05, 0.1) is 11.1 Å². The van der Waals surface area contributed by atoms with Gasteiger partial charge in [-0.2, -0.15) is 0 Å². The van der Waals surface area contributed by atoms with Crippen LogP contribution < -0.4 is 9.80 Å². The Hall–Kier alpha value is -6.55. The topological polar surface area (TPSA) is 19.6 Å². The fraction of sp³-hybridized carbons (Fsp3) is 0. The molecule has 1 heterocycles. The molecule has 3 nitrogen and oxygen atoms in total. The molecule has 9 aromatic rings. The second-order valence-corrected chi connectivity index (χ2v) is 13.2. The zero-order valence-electron chi connectivity index (χ0n) is 28.2. The SMILES string of the molecule is Clc1cc(N(c2ccc(-c3ccccc3)cc2)c2ccc(-c3ccccc3)cc2)c2c(c1)oc1ccc(N(c3ccccc3)c3ccccc3)cc12. The van der Waals surface area contributed by atoms with Gasteiger partial charge >= 0.3 is 0 Å². The highest BCUT2D eigenvalue weighted by Crippen LogP contribution is 2.46. The van der Waals surface area contributed by atoms with Gasteiger partial charge in [-0.15, -0.1) is 0 Å². The third kappa shape index (κ3) is 5.98. The van der Waals surface area contributed by atoms with Crippen LogP contribution in [-0.2, 0) is 0 Å². The summed E-state index contributed by atoms with van der Waals surface area (Å²) in [5, 5.41) is 2.59. The molecule has 0 spiro atoms. The van der Waals surface area contributed by atoms with E-state index in [9.17, 15) is 0 Å². The molecular formula is C48H33ClN2O. The van der Waals surface area contributed by atoms with Crippen molar-refractivity contribution in [1.82, 2.24) is 0 Å². The van der Waals surface area contributed by atoms with Crippen LogP contribution in [0.2, 0.25) is 5.02 Å². The first-order valence-corrected chi connectivity index (χ1v) is 17.7. The molecule has 0 saturated heterocycles. The molecule has 0 N–H and O–H groups in total. The van der Waals surface area contributed by atoms with Crippen molar-refractivity contribution < 1.29 is 4.42 Å². The Kier molecular flexibility index (Phi) is 8.24. The summed E-state index contributed by atoms with van der Waals surface area (Å²) in [6.45, 7) is 0. The third-order valence-electron chi connectivity index (χ3n) is 9.49. The zero-order valence-corrected chi connectivity index (χ0v) is 29.0. The van der Waals surface area contributed by atoms with Gasteiger partial charge in [0.2, 0.25) is 0 Å². The summed E-state index contributed by atoms with van der Waals surface area (Å²) >= 11 is 6.93. The van der Waals surface area contributed by atoms with Crippen molar-refractivity contribution in [3.05, 3.63) is 205 Å². The van der Waals surface area contributed by atoms with Gasteiger partial charge in [0.1, 0.15) is 11.2 Å². The van der Waals surface area contributed by atoms with Crippen molar-refractivity contribution in [2.75, 3.05) is 9.80 Å². The maximum atomic E-state index is 6.93. The molecule has 0 atom stereocenters. The van der Waals surface area contributed by atoms with Gasteiger partial charge in [-0.1, -0.05) is 133 Å². The molecule has 0 aliphatic carbocycles. The van der Waals surface area contributed by atoms with E-state index in [1.807, 2.05) is 36.4 Å². The number of hydrogen-bond acceptors (Lipinski definition) is 3. The Bertz CT molecular complexity index is 2480. The van der Waals surface area contributed by atoms with Crippen LogP contribution in [0.3, 0.4) is 0 Å². The first kappa shape index (κ1) is 31.4. The van der Waals surface area contributed by atoms with Crippen molar-refractivity contribution in [2.24, 2.45) is 0 Å². The monoisotopic (exact) mass is 688 g/mol. The van der Waals surface area contributed by atoms with Gasteiger partial charge in [0, 0.05) is 44.9 Å². The number of anilines is 6. The van der Waals surface area contributed by atoms with Gasteiger partial charge < -0.3 is 14.2 Å². The van der Waals surface area contributed by atoms with Crippen LogP contribution in [0.1, 0.15) is 0 Å². The molecule has 0 unspecified atom stereocenters. The van der Waals surface area contributed by atoms with Crippen molar-refractivity contribution in [1.29, 1.82) is 0 Å². The van der Waals surface area contributed by atoms with E-state index in [-0.39, 0.29) is 0 Å². The van der Waals surface area contributed by atoms with Crippen molar-refractivity contribution in [3.8, 4) is 22.3 Å². The van der Waals surface area contributed by atoms with Crippen LogP contribution in [0.15, 0.2) is 205 Å². The molecule has 1 aromatic heterocycles. The lowest BCUT2D eigenvalue weighted by atomic mass is 10.0. The Labute approximate surface area is 308 Å². The Morgan fingerprint density at radius 3 is 1.27 bits per heavy atom. The van der Waals surface area contributed by atoms with E-state index in [1.165, 1.54) is 11.1 Å². The van der Waals surface area contributed by atoms with Crippen LogP contribution in [0.25, 0.3) is 44.2 Å². The van der Waals surface area contributed by atoms with E-state index in [2.05, 4.69) is 174 Å². The Morgan fingerprint density at radius 1 is 0.346 bits per heavy atom. The molecule has 248 valence electrons. The number of para-hydroxylation sites is 2. The lowest BCUT2D eigenvalue weighted by Gasteiger charge is -2.27. The predicted octanol–water partition coefficient (Wildman–Crippen LogP) is 14.5. The molecule has 0 radical (unpaired) electrons. The van der Waals surface area contributed by atoms with Gasteiger partial charge in [0.15, 0.2) is 0 Å². The highest BCUT2D eigenvalue weighted by atomic mass is 35.5. The van der Waals surface area contributed by atoms with E-state index < -0.39 is 0 Å². The van der Waals surface area contributed by atoms with E-state index in [1.54, 1.807) is 0 Å². The first-order valence-electron chi connectivity index (χ1n) is 17.4. The second-order valence-electron chi connectivity index (χ2n) is 12.7. The summed E-state index contributed by atoms with van der Waals surface area (Å²) in [7, 11) is 0. The van der Waals surface area contributed by atoms with Crippen molar-refractivity contribution in [3.63, 3.8) is 0 Å². The lowest BCUT2D eigenvalue weighted by molar-refractivity contribution is 0.669. The number of halogens is 1. The number of hydrogen-bond donors (Lipinski definition) is 0. The smallest absolute Gasteiger partial charge is 0.139 e. The van der Waals surface area contributed by atoms with Crippen LogP contribution >= 0.6 is 11.6 Å². The summed E-state index contributed by atoms with van der Waals surface area (Å²) in [5.74, 6) is 0. The maximum absolute atomic E-state index is 6.93. The lowest BCUT2D eigenvalue weighted by Crippen LogP contribution is -2.11.